The summed E-state index contributed by atoms with van der Waals surface area (Å²) < 4.78 is 0. The van der Waals surface area contributed by atoms with Gasteiger partial charge in [-0.15, -0.1) is 0 Å². The lowest BCUT2D eigenvalue weighted by atomic mass is 9.99. The molecule has 0 spiro atoms. The molecule has 0 fully saturated rings. The third-order valence-electron chi connectivity index (χ3n) is 1.98. The van der Waals surface area contributed by atoms with Crippen LogP contribution in [0, 0.1) is 0 Å². The van der Waals surface area contributed by atoms with Crippen LogP contribution in [0.1, 0.15) is 33.6 Å². The van der Waals surface area contributed by atoms with Crippen molar-refractivity contribution in [3.05, 3.63) is 17.5 Å². The van der Waals surface area contributed by atoms with E-state index in [-0.39, 0.29) is 5.54 Å². The molecule has 0 saturated carbocycles. The van der Waals surface area contributed by atoms with Crippen molar-refractivity contribution in [2.45, 2.75) is 39.2 Å². The highest BCUT2D eigenvalue weighted by Crippen LogP contribution is 2.18. The van der Waals surface area contributed by atoms with Gasteiger partial charge >= 0.3 is 0 Å². The van der Waals surface area contributed by atoms with E-state index in [0.29, 0.717) is 5.15 Å². The van der Waals surface area contributed by atoms with E-state index in [0.717, 1.165) is 18.7 Å². The zero-order chi connectivity index (χ0) is 10.6. The van der Waals surface area contributed by atoms with Crippen molar-refractivity contribution >= 4 is 17.4 Å². The van der Waals surface area contributed by atoms with Crippen molar-refractivity contribution in [1.82, 2.24) is 9.97 Å². The Balaban J connectivity index is 2.68. The first kappa shape index (κ1) is 11.2. The second kappa shape index (κ2) is 4.60. The normalized spacial score (nSPS) is 11.4. The van der Waals surface area contributed by atoms with E-state index >= 15 is 0 Å². The molecule has 0 aliphatic rings. The summed E-state index contributed by atoms with van der Waals surface area (Å²) in [4.78, 5) is 7.93. The first-order valence-electron chi connectivity index (χ1n) is 4.79. The lowest BCUT2D eigenvalue weighted by Gasteiger charge is -2.26. The fraction of sp³-hybridized carbons (Fsp3) is 0.600. The Bertz CT molecular complexity index is 299. The zero-order valence-corrected chi connectivity index (χ0v) is 9.60. The molecule has 14 heavy (non-hydrogen) atoms. The molecule has 0 atom stereocenters. The molecule has 1 aromatic rings. The lowest BCUT2D eigenvalue weighted by Crippen LogP contribution is -2.30. The van der Waals surface area contributed by atoms with Crippen molar-refractivity contribution in [3.63, 3.8) is 0 Å². The van der Waals surface area contributed by atoms with Crippen molar-refractivity contribution in [2.75, 3.05) is 5.32 Å². The Hall–Kier alpha value is -0.830. The third kappa shape index (κ3) is 3.50. The number of hydrogen-bond acceptors (Lipinski definition) is 3. The summed E-state index contributed by atoms with van der Waals surface area (Å²) >= 11 is 5.76. The molecule has 3 nitrogen and oxygen atoms in total. The van der Waals surface area contributed by atoms with Gasteiger partial charge in [0, 0.05) is 11.6 Å². The molecule has 0 amide bonds. The number of hydrogen-bond donors (Lipinski definition) is 1. The second-order valence-corrected chi connectivity index (χ2v) is 4.37. The number of nitrogens with zero attached hydrogens (tertiary/aromatic N) is 2. The molecule has 78 valence electrons. The molecule has 0 aliphatic carbocycles. The van der Waals surface area contributed by atoms with E-state index in [1.54, 1.807) is 6.07 Å². The van der Waals surface area contributed by atoms with Crippen LogP contribution < -0.4 is 5.32 Å². The van der Waals surface area contributed by atoms with Crippen LogP contribution in [0.25, 0.3) is 0 Å². The van der Waals surface area contributed by atoms with Gasteiger partial charge in [-0.3, -0.25) is 0 Å². The number of rotatable bonds is 4. The van der Waals surface area contributed by atoms with Crippen molar-refractivity contribution in [3.8, 4) is 0 Å². The van der Waals surface area contributed by atoms with Gasteiger partial charge in [-0.05, 0) is 20.3 Å². The standard InChI is InChI=1S/C10H16ClN3/c1-4-5-10(2,3)14-9-6-8(11)12-7-13-9/h6-7H,4-5H2,1-3H3,(H,12,13,14). The molecule has 1 rings (SSSR count). The molecule has 0 unspecified atom stereocenters. The molecule has 0 radical (unpaired) electrons. The van der Waals surface area contributed by atoms with Crippen molar-refractivity contribution in [1.29, 1.82) is 0 Å². The van der Waals surface area contributed by atoms with Gasteiger partial charge in [0.15, 0.2) is 0 Å². The average molecular weight is 214 g/mol. The highest BCUT2D eigenvalue weighted by atomic mass is 35.5. The maximum atomic E-state index is 5.76. The summed E-state index contributed by atoms with van der Waals surface area (Å²) in [5, 5.41) is 3.79. The summed E-state index contributed by atoms with van der Waals surface area (Å²) in [6.07, 6.45) is 3.69. The summed E-state index contributed by atoms with van der Waals surface area (Å²) in [5.74, 6) is 0.781. The van der Waals surface area contributed by atoms with Gasteiger partial charge < -0.3 is 5.32 Å². The van der Waals surface area contributed by atoms with Crippen molar-refractivity contribution < 1.29 is 0 Å². The van der Waals surface area contributed by atoms with E-state index in [2.05, 4.69) is 36.1 Å². The van der Waals surface area contributed by atoms with Gasteiger partial charge in [0.1, 0.15) is 17.3 Å². The number of anilines is 1. The smallest absolute Gasteiger partial charge is 0.134 e. The fourth-order valence-corrected chi connectivity index (χ4v) is 1.58. The zero-order valence-electron chi connectivity index (χ0n) is 8.84. The Kier molecular flexibility index (Phi) is 3.69. The Morgan fingerprint density at radius 1 is 1.43 bits per heavy atom. The van der Waals surface area contributed by atoms with E-state index in [1.165, 1.54) is 6.33 Å². The minimum absolute atomic E-state index is 0.0480. The number of nitrogens with one attached hydrogen (secondary N) is 1. The van der Waals surface area contributed by atoms with Crippen LogP contribution >= 0.6 is 11.6 Å². The quantitative estimate of drug-likeness (QED) is 0.781. The molecule has 0 saturated heterocycles. The SMILES string of the molecule is CCCC(C)(C)Nc1cc(Cl)ncn1. The molecule has 1 heterocycles. The molecule has 1 aromatic heterocycles. The molecular weight excluding hydrogens is 198 g/mol. The molecule has 0 aromatic carbocycles. The number of aromatic nitrogens is 2. The first-order chi connectivity index (χ1) is 6.53. The molecule has 1 N–H and O–H groups in total. The summed E-state index contributed by atoms with van der Waals surface area (Å²) in [7, 11) is 0. The van der Waals surface area contributed by atoms with Crippen LogP contribution in [0.3, 0.4) is 0 Å². The Morgan fingerprint density at radius 2 is 2.14 bits per heavy atom. The lowest BCUT2D eigenvalue weighted by molar-refractivity contribution is 0.509. The summed E-state index contributed by atoms with van der Waals surface area (Å²) in [5.41, 5.74) is 0.0480. The molecule has 0 aliphatic heterocycles. The number of halogens is 1. The maximum Gasteiger partial charge on any atom is 0.134 e. The van der Waals surface area contributed by atoms with E-state index in [4.69, 9.17) is 11.6 Å². The molecular formula is C10H16ClN3. The Morgan fingerprint density at radius 3 is 2.71 bits per heavy atom. The van der Waals surface area contributed by atoms with Crippen LogP contribution in [0.4, 0.5) is 5.82 Å². The van der Waals surface area contributed by atoms with Gasteiger partial charge in [0.05, 0.1) is 0 Å². The highest BCUT2D eigenvalue weighted by molar-refractivity contribution is 6.29. The molecule has 0 bridgehead atoms. The van der Waals surface area contributed by atoms with E-state index < -0.39 is 0 Å². The minimum atomic E-state index is 0.0480. The van der Waals surface area contributed by atoms with Crippen LogP contribution in [-0.4, -0.2) is 15.5 Å². The summed E-state index contributed by atoms with van der Waals surface area (Å²) in [6.45, 7) is 6.45. The van der Waals surface area contributed by atoms with Gasteiger partial charge in [0.2, 0.25) is 0 Å². The van der Waals surface area contributed by atoms with Gasteiger partial charge in [0.25, 0.3) is 0 Å². The van der Waals surface area contributed by atoms with Crippen LogP contribution in [0.2, 0.25) is 5.15 Å². The van der Waals surface area contributed by atoms with E-state index in [9.17, 15) is 0 Å². The predicted molar refractivity (Wildman–Crippen MR) is 59.7 cm³/mol. The first-order valence-corrected chi connectivity index (χ1v) is 5.17. The van der Waals surface area contributed by atoms with E-state index in [1.807, 2.05) is 0 Å². The fourth-order valence-electron chi connectivity index (χ4n) is 1.44. The minimum Gasteiger partial charge on any atom is -0.365 e. The second-order valence-electron chi connectivity index (χ2n) is 3.98. The third-order valence-corrected chi connectivity index (χ3v) is 2.18. The van der Waals surface area contributed by atoms with Crippen LogP contribution in [0.5, 0.6) is 0 Å². The topological polar surface area (TPSA) is 37.8 Å². The van der Waals surface area contributed by atoms with Gasteiger partial charge in [-0.2, -0.15) is 0 Å². The maximum absolute atomic E-state index is 5.76. The van der Waals surface area contributed by atoms with Gasteiger partial charge in [-0.25, -0.2) is 9.97 Å². The monoisotopic (exact) mass is 213 g/mol. The van der Waals surface area contributed by atoms with Gasteiger partial charge in [-0.1, -0.05) is 24.9 Å². The Labute approximate surface area is 89.9 Å². The molecule has 4 heteroatoms. The average Bonchev–Trinajstić information content (AvgIpc) is 2.02. The summed E-state index contributed by atoms with van der Waals surface area (Å²) in [6, 6.07) is 1.74. The largest absolute Gasteiger partial charge is 0.365 e. The van der Waals surface area contributed by atoms with Crippen molar-refractivity contribution in [2.24, 2.45) is 0 Å². The van der Waals surface area contributed by atoms with Crippen LogP contribution in [-0.2, 0) is 0 Å². The highest BCUT2D eigenvalue weighted by Gasteiger charge is 2.16. The van der Waals surface area contributed by atoms with Crippen LogP contribution in [0.15, 0.2) is 12.4 Å². The predicted octanol–water partition coefficient (Wildman–Crippen LogP) is 3.12.